The maximum atomic E-state index is 13.3. The Balaban J connectivity index is 2.08. The summed E-state index contributed by atoms with van der Waals surface area (Å²) in [7, 11) is 0. The number of piperidine rings is 1. The lowest BCUT2D eigenvalue weighted by molar-refractivity contribution is -0.135. The highest BCUT2D eigenvalue weighted by Crippen LogP contribution is 2.15. The summed E-state index contributed by atoms with van der Waals surface area (Å²) < 4.78 is 5.37. The van der Waals surface area contributed by atoms with E-state index in [1.54, 1.807) is 25.7 Å². The summed E-state index contributed by atoms with van der Waals surface area (Å²) >= 11 is 0. The number of carbonyl (C=O) groups excluding carboxylic acids is 3. The van der Waals surface area contributed by atoms with Gasteiger partial charge in [-0.1, -0.05) is 37.3 Å². The van der Waals surface area contributed by atoms with Crippen LogP contribution < -0.4 is 10.6 Å². The summed E-state index contributed by atoms with van der Waals surface area (Å²) in [6.07, 6.45) is 2.71. The fourth-order valence-electron chi connectivity index (χ4n) is 3.54. The van der Waals surface area contributed by atoms with Gasteiger partial charge in [0.15, 0.2) is 0 Å². The molecule has 2 rings (SSSR count). The Labute approximate surface area is 179 Å². The molecule has 2 atom stereocenters. The van der Waals surface area contributed by atoms with Crippen molar-refractivity contribution >= 4 is 17.9 Å². The highest BCUT2D eigenvalue weighted by atomic mass is 16.6. The largest absolute Gasteiger partial charge is 0.444 e. The molecule has 7 nitrogen and oxygen atoms in total. The quantitative estimate of drug-likeness (QED) is 0.714. The summed E-state index contributed by atoms with van der Waals surface area (Å²) in [6.45, 7) is 8.39. The Hall–Kier alpha value is -2.57. The Kier molecular flexibility index (Phi) is 8.69. The molecule has 2 unspecified atom stereocenters. The number of likely N-dealkylation sites (tertiary alicyclic amines) is 1. The van der Waals surface area contributed by atoms with Crippen molar-refractivity contribution in [3.8, 4) is 0 Å². The number of alkyl carbamates (subject to hydrolysis) is 1. The van der Waals surface area contributed by atoms with Gasteiger partial charge in [0, 0.05) is 32.0 Å². The van der Waals surface area contributed by atoms with Crippen LogP contribution in [0.3, 0.4) is 0 Å². The second kappa shape index (κ2) is 11.0. The van der Waals surface area contributed by atoms with Crippen LogP contribution in [0.1, 0.15) is 58.9 Å². The van der Waals surface area contributed by atoms with E-state index in [0.717, 1.165) is 24.8 Å². The second-order valence-electron chi connectivity index (χ2n) is 8.83. The smallest absolute Gasteiger partial charge is 0.408 e. The molecule has 1 aliphatic rings. The Bertz CT molecular complexity index is 715. The third-order valence-electron chi connectivity index (χ3n) is 4.85. The predicted octanol–water partition coefficient (Wildman–Crippen LogP) is 3.03. The predicted molar refractivity (Wildman–Crippen MR) is 116 cm³/mol. The van der Waals surface area contributed by atoms with Gasteiger partial charge in [-0.3, -0.25) is 9.59 Å². The minimum absolute atomic E-state index is 0.0181. The number of carbonyl (C=O) groups is 3. The molecule has 2 N–H and O–H groups in total. The molecule has 0 spiro atoms. The first-order valence-electron chi connectivity index (χ1n) is 10.8. The topological polar surface area (TPSA) is 87.7 Å². The average molecular weight is 418 g/mol. The minimum atomic E-state index is -0.729. The van der Waals surface area contributed by atoms with Crippen LogP contribution in [0, 0.1) is 0 Å². The summed E-state index contributed by atoms with van der Waals surface area (Å²) in [6, 6.07) is 8.81. The Morgan fingerprint density at radius 1 is 1.20 bits per heavy atom. The molecule has 0 saturated carbocycles. The summed E-state index contributed by atoms with van der Waals surface area (Å²) in [4.78, 5) is 39.4. The van der Waals surface area contributed by atoms with Gasteiger partial charge in [0.25, 0.3) is 0 Å². The van der Waals surface area contributed by atoms with Crippen molar-refractivity contribution in [3.63, 3.8) is 0 Å². The van der Waals surface area contributed by atoms with E-state index in [2.05, 4.69) is 10.6 Å². The number of hydrogen-bond acceptors (Lipinski definition) is 4. The molecule has 1 fully saturated rings. The van der Waals surface area contributed by atoms with Crippen LogP contribution in [0.5, 0.6) is 0 Å². The fraction of sp³-hybridized carbons (Fsp3) is 0.609. The third kappa shape index (κ3) is 8.05. The lowest BCUT2D eigenvalue weighted by atomic mass is 10.0. The van der Waals surface area contributed by atoms with Crippen molar-refractivity contribution in [1.29, 1.82) is 0 Å². The molecule has 3 amide bonds. The van der Waals surface area contributed by atoms with E-state index in [-0.39, 0.29) is 17.9 Å². The van der Waals surface area contributed by atoms with Crippen LogP contribution in [0.4, 0.5) is 4.79 Å². The van der Waals surface area contributed by atoms with Gasteiger partial charge in [-0.15, -0.1) is 0 Å². The molecular weight excluding hydrogens is 382 g/mol. The first-order valence-corrected chi connectivity index (χ1v) is 10.8. The molecule has 0 radical (unpaired) electrons. The maximum Gasteiger partial charge on any atom is 0.408 e. The van der Waals surface area contributed by atoms with Crippen LogP contribution in [0.15, 0.2) is 30.3 Å². The number of hydrogen-bond donors (Lipinski definition) is 2. The van der Waals surface area contributed by atoms with Crippen molar-refractivity contribution in [2.45, 2.75) is 77.5 Å². The second-order valence-corrected chi connectivity index (χ2v) is 8.83. The zero-order valence-corrected chi connectivity index (χ0v) is 18.6. The molecule has 1 heterocycles. The highest BCUT2D eigenvalue weighted by molar-refractivity contribution is 5.86. The summed E-state index contributed by atoms with van der Waals surface area (Å²) in [5.74, 6) is -0.135. The van der Waals surface area contributed by atoms with E-state index in [0.29, 0.717) is 25.9 Å². The van der Waals surface area contributed by atoms with E-state index in [9.17, 15) is 14.4 Å². The van der Waals surface area contributed by atoms with Crippen molar-refractivity contribution in [1.82, 2.24) is 15.5 Å². The Morgan fingerprint density at radius 3 is 2.53 bits per heavy atom. The molecule has 1 aromatic rings. The van der Waals surface area contributed by atoms with Crippen molar-refractivity contribution in [2.75, 3.05) is 13.1 Å². The van der Waals surface area contributed by atoms with Gasteiger partial charge in [-0.05, 0) is 45.6 Å². The van der Waals surface area contributed by atoms with Crippen molar-refractivity contribution in [3.05, 3.63) is 35.9 Å². The van der Waals surface area contributed by atoms with E-state index in [4.69, 9.17) is 4.74 Å². The van der Waals surface area contributed by atoms with Gasteiger partial charge < -0.3 is 20.3 Å². The lowest BCUT2D eigenvalue weighted by Crippen LogP contribution is -2.56. The zero-order chi connectivity index (χ0) is 22.1. The molecule has 0 aromatic heterocycles. The lowest BCUT2D eigenvalue weighted by Gasteiger charge is -2.35. The first kappa shape index (κ1) is 23.7. The minimum Gasteiger partial charge on any atom is -0.444 e. The van der Waals surface area contributed by atoms with Crippen LogP contribution in [0.2, 0.25) is 0 Å². The fourth-order valence-corrected chi connectivity index (χ4v) is 3.54. The number of nitrogens with zero attached hydrogens (tertiary/aromatic N) is 1. The summed E-state index contributed by atoms with van der Waals surface area (Å²) in [5.41, 5.74) is 0.307. The van der Waals surface area contributed by atoms with Gasteiger partial charge in [0.05, 0.1) is 0 Å². The van der Waals surface area contributed by atoms with Gasteiger partial charge >= 0.3 is 6.09 Å². The van der Waals surface area contributed by atoms with Gasteiger partial charge in [-0.25, -0.2) is 4.79 Å². The maximum absolute atomic E-state index is 13.3. The van der Waals surface area contributed by atoms with Gasteiger partial charge in [0.2, 0.25) is 11.8 Å². The molecular formula is C23H35N3O4. The van der Waals surface area contributed by atoms with Crippen LogP contribution in [-0.2, 0) is 20.7 Å². The van der Waals surface area contributed by atoms with Gasteiger partial charge in [0.1, 0.15) is 11.6 Å². The molecule has 0 aliphatic carbocycles. The van der Waals surface area contributed by atoms with E-state index in [1.807, 2.05) is 37.3 Å². The number of amides is 3. The number of rotatable bonds is 7. The van der Waals surface area contributed by atoms with Crippen LogP contribution in [-0.4, -0.2) is 53.6 Å². The number of nitrogens with one attached hydrogen (secondary N) is 2. The number of ether oxygens (including phenoxy) is 1. The monoisotopic (exact) mass is 417 g/mol. The average Bonchev–Trinajstić information content (AvgIpc) is 2.66. The molecule has 7 heteroatoms. The van der Waals surface area contributed by atoms with Crippen molar-refractivity contribution < 1.29 is 19.1 Å². The van der Waals surface area contributed by atoms with Crippen LogP contribution in [0.25, 0.3) is 0 Å². The molecule has 1 aliphatic heterocycles. The molecule has 1 saturated heterocycles. The molecule has 166 valence electrons. The Morgan fingerprint density at radius 2 is 1.90 bits per heavy atom. The first-order chi connectivity index (χ1) is 14.2. The van der Waals surface area contributed by atoms with Gasteiger partial charge in [-0.2, -0.15) is 0 Å². The van der Waals surface area contributed by atoms with Crippen LogP contribution >= 0.6 is 0 Å². The van der Waals surface area contributed by atoms with Crippen molar-refractivity contribution in [2.24, 2.45) is 0 Å². The van der Waals surface area contributed by atoms with E-state index < -0.39 is 17.7 Å². The SMILES string of the molecule is CCCC(=O)NC1CCCN(C(=O)C(Cc2ccccc2)NC(=O)OC(C)(C)C)C1. The normalized spacial score (nSPS) is 17.7. The van der Waals surface area contributed by atoms with E-state index in [1.165, 1.54) is 0 Å². The third-order valence-corrected chi connectivity index (χ3v) is 4.85. The number of benzene rings is 1. The van der Waals surface area contributed by atoms with E-state index >= 15 is 0 Å². The highest BCUT2D eigenvalue weighted by Gasteiger charge is 2.31. The standard InChI is InChI=1S/C23H35N3O4/c1-5-10-20(27)24-18-13-9-14-26(16-18)21(28)19(15-17-11-7-6-8-12-17)25-22(29)30-23(2,3)4/h6-8,11-12,18-19H,5,9-10,13-16H2,1-4H3,(H,24,27)(H,25,29). The zero-order valence-electron chi connectivity index (χ0n) is 18.6. The summed E-state index contributed by atoms with van der Waals surface area (Å²) in [5, 5.41) is 5.78. The molecule has 0 bridgehead atoms. The molecule has 1 aromatic carbocycles. The molecule has 30 heavy (non-hydrogen) atoms.